The standard InChI is InChI=1S/C13H15N3O3/c1-15-2-3-16(13(15)17)8-9-6-11-12(7-10(9)14)19-5-4-18-11/h2-3,6-7H,4-5,8,14H2,1H3. The SMILES string of the molecule is Cn1ccn(Cc2cc3c(cc2N)OCCO3)c1=O. The van der Waals surface area contributed by atoms with Crippen LogP contribution in [0, 0.1) is 0 Å². The Morgan fingerprint density at radius 1 is 1.21 bits per heavy atom. The Balaban J connectivity index is 1.97. The molecule has 1 aliphatic heterocycles. The number of aromatic nitrogens is 2. The summed E-state index contributed by atoms with van der Waals surface area (Å²) in [5, 5.41) is 0. The van der Waals surface area contributed by atoms with E-state index in [2.05, 4.69) is 0 Å². The first kappa shape index (κ1) is 11.7. The molecule has 0 atom stereocenters. The van der Waals surface area contributed by atoms with Crippen LogP contribution in [0.2, 0.25) is 0 Å². The van der Waals surface area contributed by atoms with Crippen LogP contribution in [0.25, 0.3) is 0 Å². The van der Waals surface area contributed by atoms with Gasteiger partial charge in [0.05, 0.1) is 6.54 Å². The number of hydrogen-bond donors (Lipinski definition) is 1. The Kier molecular flexibility index (Phi) is 2.70. The van der Waals surface area contributed by atoms with E-state index in [1.54, 1.807) is 30.1 Å². The van der Waals surface area contributed by atoms with Crippen molar-refractivity contribution in [2.45, 2.75) is 6.54 Å². The normalized spacial score (nSPS) is 13.5. The molecule has 0 unspecified atom stereocenters. The first-order chi connectivity index (χ1) is 9.15. The summed E-state index contributed by atoms with van der Waals surface area (Å²) in [5.74, 6) is 1.34. The molecule has 1 aliphatic rings. The predicted molar refractivity (Wildman–Crippen MR) is 70.6 cm³/mol. The highest BCUT2D eigenvalue weighted by atomic mass is 16.6. The van der Waals surface area contributed by atoms with Gasteiger partial charge in [0.2, 0.25) is 0 Å². The lowest BCUT2D eigenvalue weighted by Gasteiger charge is -2.20. The van der Waals surface area contributed by atoms with Crippen LogP contribution in [-0.4, -0.2) is 22.3 Å². The molecule has 6 nitrogen and oxygen atoms in total. The van der Waals surface area contributed by atoms with E-state index in [-0.39, 0.29) is 5.69 Å². The van der Waals surface area contributed by atoms with E-state index in [0.29, 0.717) is 36.9 Å². The smallest absolute Gasteiger partial charge is 0.328 e. The topological polar surface area (TPSA) is 71.4 Å². The van der Waals surface area contributed by atoms with Crippen LogP contribution in [-0.2, 0) is 13.6 Å². The fourth-order valence-electron chi connectivity index (χ4n) is 2.10. The number of hydrogen-bond acceptors (Lipinski definition) is 4. The first-order valence-corrected chi connectivity index (χ1v) is 6.05. The molecule has 0 amide bonds. The van der Waals surface area contributed by atoms with Gasteiger partial charge in [0.15, 0.2) is 11.5 Å². The molecular weight excluding hydrogens is 246 g/mol. The Morgan fingerprint density at radius 2 is 1.89 bits per heavy atom. The molecule has 0 radical (unpaired) electrons. The molecular formula is C13H15N3O3. The lowest BCUT2D eigenvalue weighted by molar-refractivity contribution is 0.171. The van der Waals surface area contributed by atoms with Gasteiger partial charge in [-0.3, -0.25) is 4.57 Å². The number of rotatable bonds is 2. The molecule has 0 spiro atoms. The van der Waals surface area contributed by atoms with Crippen molar-refractivity contribution in [1.82, 2.24) is 9.13 Å². The third-order valence-corrected chi connectivity index (χ3v) is 3.16. The maximum Gasteiger partial charge on any atom is 0.328 e. The molecule has 2 aromatic rings. The summed E-state index contributed by atoms with van der Waals surface area (Å²) >= 11 is 0. The first-order valence-electron chi connectivity index (χ1n) is 6.05. The number of fused-ring (bicyclic) bond motifs is 1. The fourth-order valence-corrected chi connectivity index (χ4v) is 2.10. The number of nitrogen functional groups attached to an aromatic ring is 1. The lowest BCUT2D eigenvalue weighted by atomic mass is 10.1. The number of imidazole rings is 1. The van der Waals surface area contributed by atoms with Crippen LogP contribution in [0.15, 0.2) is 29.3 Å². The van der Waals surface area contributed by atoms with Crippen molar-refractivity contribution >= 4 is 5.69 Å². The zero-order chi connectivity index (χ0) is 13.4. The van der Waals surface area contributed by atoms with Gasteiger partial charge in [-0.25, -0.2) is 4.79 Å². The Morgan fingerprint density at radius 3 is 2.53 bits per heavy atom. The quantitative estimate of drug-likeness (QED) is 0.803. The van der Waals surface area contributed by atoms with E-state index >= 15 is 0 Å². The molecule has 3 rings (SSSR count). The molecule has 0 bridgehead atoms. The minimum atomic E-state index is -0.0747. The average Bonchev–Trinajstić information content (AvgIpc) is 2.71. The van der Waals surface area contributed by atoms with Gasteiger partial charge < -0.3 is 19.8 Å². The highest BCUT2D eigenvalue weighted by Crippen LogP contribution is 2.34. The number of anilines is 1. The minimum Gasteiger partial charge on any atom is -0.486 e. The average molecular weight is 261 g/mol. The van der Waals surface area contributed by atoms with Crippen molar-refractivity contribution in [2.75, 3.05) is 18.9 Å². The fraction of sp³-hybridized carbons (Fsp3) is 0.308. The summed E-state index contributed by atoms with van der Waals surface area (Å²) in [6.07, 6.45) is 3.45. The molecule has 100 valence electrons. The lowest BCUT2D eigenvalue weighted by Crippen LogP contribution is -2.23. The Bertz CT molecular complexity index is 672. The van der Waals surface area contributed by atoms with Gasteiger partial charge in [-0.2, -0.15) is 0 Å². The molecule has 2 heterocycles. The molecule has 0 saturated heterocycles. The summed E-state index contributed by atoms with van der Waals surface area (Å²) in [6, 6.07) is 3.58. The van der Waals surface area contributed by atoms with Gasteiger partial charge in [-0.05, 0) is 11.6 Å². The van der Waals surface area contributed by atoms with E-state index < -0.39 is 0 Å². The summed E-state index contributed by atoms with van der Waals surface area (Å²) in [7, 11) is 1.71. The van der Waals surface area contributed by atoms with Crippen molar-refractivity contribution in [3.05, 3.63) is 40.6 Å². The third-order valence-electron chi connectivity index (χ3n) is 3.16. The zero-order valence-electron chi connectivity index (χ0n) is 10.6. The third kappa shape index (κ3) is 2.05. The summed E-state index contributed by atoms with van der Waals surface area (Å²) in [6.45, 7) is 1.48. The second-order valence-electron chi connectivity index (χ2n) is 4.51. The number of nitrogens with two attached hydrogens (primary N) is 1. The van der Waals surface area contributed by atoms with Crippen LogP contribution in [0.5, 0.6) is 11.5 Å². The van der Waals surface area contributed by atoms with E-state index in [9.17, 15) is 4.79 Å². The molecule has 0 fully saturated rings. The zero-order valence-corrected chi connectivity index (χ0v) is 10.6. The van der Waals surface area contributed by atoms with Gasteiger partial charge in [0.25, 0.3) is 0 Å². The largest absolute Gasteiger partial charge is 0.486 e. The van der Waals surface area contributed by atoms with Gasteiger partial charge in [-0.15, -0.1) is 0 Å². The predicted octanol–water partition coefficient (Wildman–Crippen LogP) is 0.588. The van der Waals surface area contributed by atoms with E-state index in [1.165, 1.54) is 4.57 Å². The summed E-state index contributed by atoms with van der Waals surface area (Å²) in [5.41, 5.74) is 7.36. The monoisotopic (exact) mass is 261 g/mol. The van der Waals surface area contributed by atoms with Crippen LogP contribution in [0.4, 0.5) is 5.69 Å². The van der Waals surface area contributed by atoms with Crippen LogP contribution < -0.4 is 20.9 Å². The Hall–Kier alpha value is -2.37. The highest BCUT2D eigenvalue weighted by Gasteiger charge is 2.15. The Labute approximate surface area is 110 Å². The molecule has 1 aromatic heterocycles. The molecule has 19 heavy (non-hydrogen) atoms. The molecule has 0 saturated carbocycles. The number of nitrogens with zero attached hydrogens (tertiary/aromatic N) is 2. The summed E-state index contributed by atoms with van der Waals surface area (Å²) in [4.78, 5) is 11.8. The van der Waals surface area contributed by atoms with Gasteiger partial charge in [-0.1, -0.05) is 0 Å². The van der Waals surface area contributed by atoms with Crippen molar-refractivity contribution in [1.29, 1.82) is 0 Å². The minimum absolute atomic E-state index is 0.0747. The maximum atomic E-state index is 11.8. The molecule has 2 N–H and O–H groups in total. The van der Waals surface area contributed by atoms with Crippen LogP contribution in [0.3, 0.4) is 0 Å². The molecule has 6 heteroatoms. The second kappa shape index (κ2) is 4.38. The van der Waals surface area contributed by atoms with Gasteiger partial charge in [0.1, 0.15) is 13.2 Å². The number of benzene rings is 1. The molecule has 0 aliphatic carbocycles. The maximum absolute atomic E-state index is 11.8. The second-order valence-corrected chi connectivity index (χ2v) is 4.51. The number of ether oxygens (including phenoxy) is 2. The van der Waals surface area contributed by atoms with E-state index in [1.807, 2.05) is 6.07 Å². The van der Waals surface area contributed by atoms with E-state index in [0.717, 1.165) is 5.56 Å². The number of aryl methyl sites for hydroxylation is 1. The van der Waals surface area contributed by atoms with Crippen LogP contribution in [0.1, 0.15) is 5.56 Å². The van der Waals surface area contributed by atoms with Crippen molar-refractivity contribution in [3.8, 4) is 11.5 Å². The summed E-state index contributed by atoms with van der Waals surface area (Å²) < 4.78 is 14.1. The van der Waals surface area contributed by atoms with Crippen molar-refractivity contribution in [3.63, 3.8) is 0 Å². The van der Waals surface area contributed by atoms with Crippen molar-refractivity contribution in [2.24, 2.45) is 7.05 Å². The van der Waals surface area contributed by atoms with Crippen molar-refractivity contribution < 1.29 is 9.47 Å². The van der Waals surface area contributed by atoms with Gasteiger partial charge in [0, 0.05) is 31.2 Å². The van der Waals surface area contributed by atoms with E-state index in [4.69, 9.17) is 15.2 Å². The molecule has 1 aromatic carbocycles. The van der Waals surface area contributed by atoms with Crippen LogP contribution >= 0.6 is 0 Å². The van der Waals surface area contributed by atoms with Gasteiger partial charge >= 0.3 is 5.69 Å². The highest BCUT2D eigenvalue weighted by molar-refractivity contribution is 5.58.